The van der Waals surface area contributed by atoms with Crippen LogP contribution in [0.25, 0.3) is 11.5 Å². The van der Waals surface area contributed by atoms with Crippen molar-refractivity contribution in [2.45, 2.75) is 19.9 Å². The fourth-order valence-electron chi connectivity index (χ4n) is 1.73. The highest BCUT2D eigenvalue weighted by atomic mass is 35.5. The van der Waals surface area contributed by atoms with Crippen LogP contribution in [-0.2, 0) is 11.3 Å². The maximum absolute atomic E-state index is 11.5. The van der Waals surface area contributed by atoms with Crippen molar-refractivity contribution in [1.82, 2.24) is 15.6 Å². The molecule has 1 aromatic carbocycles. The van der Waals surface area contributed by atoms with Gasteiger partial charge in [-0.25, -0.2) is 4.98 Å². The van der Waals surface area contributed by atoms with E-state index in [4.69, 9.17) is 4.42 Å². The average molecular weight is 310 g/mol. The van der Waals surface area contributed by atoms with Crippen LogP contribution in [0.4, 0.5) is 0 Å². The minimum Gasteiger partial charge on any atom is -0.444 e. The molecule has 0 bridgehead atoms. The van der Waals surface area contributed by atoms with Crippen molar-refractivity contribution in [3.8, 4) is 11.5 Å². The number of carbonyl (C=O) groups is 1. The number of nitrogens with zero attached hydrogens (tertiary/aromatic N) is 1. The quantitative estimate of drug-likeness (QED) is 0.859. The lowest BCUT2D eigenvalue weighted by molar-refractivity contribution is -0.121. The largest absolute Gasteiger partial charge is 0.444 e. The smallest absolute Gasteiger partial charge is 0.226 e. The molecule has 0 atom stereocenters. The Morgan fingerprint density at radius 1 is 1.29 bits per heavy atom. The molecule has 0 aliphatic carbocycles. The molecule has 6 heteroatoms. The lowest BCUT2D eigenvalue weighted by Crippen LogP contribution is -2.26. The highest BCUT2D eigenvalue weighted by molar-refractivity contribution is 5.85. The summed E-state index contributed by atoms with van der Waals surface area (Å²) in [6.45, 7) is 3.09. The molecule has 0 saturated carbocycles. The van der Waals surface area contributed by atoms with Gasteiger partial charge in [0.05, 0.1) is 12.2 Å². The minimum atomic E-state index is -0.000707. The monoisotopic (exact) mass is 309 g/mol. The van der Waals surface area contributed by atoms with E-state index in [1.54, 1.807) is 6.26 Å². The van der Waals surface area contributed by atoms with Gasteiger partial charge in [0, 0.05) is 18.5 Å². The van der Waals surface area contributed by atoms with Gasteiger partial charge in [0.25, 0.3) is 0 Å². The second kappa shape index (κ2) is 8.44. The van der Waals surface area contributed by atoms with Crippen LogP contribution in [0.2, 0.25) is 0 Å². The van der Waals surface area contributed by atoms with Crippen molar-refractivity contribution in [1.29, 1.82) is 0 Å². The normalized spacial score (nSPS) is 10.0. The second-order valence-corrected chi connectivity index (χ2v) is 4.64. The zero-order chi connectivity index (χ0) is 14.4. The number of benzene rings is 1. The van der Waals surface area contributed by atoms with E-state index in [0.29, 0.717) is 25.4 Å². The van der Waals surface area contributed by atoms with Crippen molar-refractivity contribution in [3.63, 3.8) is 0 Å². The second-order valence-electron chi connectivity index (χ2n) is 4.64. The molecule has 0 fully saturated rings. The minimum absolute atomic E-state index is 0. The van der Waals surface area contributed by atoms with Gasteiger partial charge in [-0.1, -0.05) is 17.7 Å². The number of halogens is 1. The SMILES string of the molecule is CNCCC(=O)NCc1coc(-c2ccc(C)cc2)n1.Cl. The molecule has 2 aromatic rings. The predicted octanol–water partition coefficient (Wildman–Crippen LogP) is 2.30. The van der Waals surface area contributed by atoms with Crippen LogP contribution in [0.3, 0.4) is 0 Å². The highest BCUT2D eigenvalue weighted by Gasteiger charge is 2.07. The Bertz CT molecular complexity index is 567. The number of aromatic nitrogens is 1. The Balaban J connectivity index is 0.00000220. The molecule has 0 spiro atoms. The number of rotatable bonds is 6. The van der Waals surface area contributed by atoms with Gasteiger partial charge in [-0.2, -0.15) is 0 Å². The number of oxazole rings is 1. The van der Waals surface area contributed by atoms with Crippen molar-refractivity contribution < 1.29 is 9.21 Å². The van der Waals surface area contributed by atoms with Gasteiger partial charge < -0.3 is 15.1 Å². The number of hydrogen-bond donors (Lipinski definition) is 2. The summed E-state index contributed by atoms with van der Waals surface area (Å²) in [5.41, 5.74) is 2.85. The molecule has 2 N–H and O–H groups in total. The average Bonchev–Trinajstić information content (AvgIpc) is 2.92. The van der Waals surface area contributed by atoms with E-state index in [1.165, 1.54) is 5.56 Å². The first-order valence-corrected chi connectivity index (χ1v) is 6.62. The van der Waals surface area contributed by atoms with Crippen molar-refractivity contribution in [3.05, 3.63) is 41.8 Å². The van der Waals surface area contributed by atoms with E-state index in [-0.39, 0.29) is 18.3 Å². The number of aryl methyl sites for hydroxylation is 1. The Labute approximate surface area is 130 Å². The molecule has 1 amide bonds. The van der Waals surface area contributed by atoms with Crippen LogP contribution in [0.15, 0.2) is 34.9 Å². The third-order valence-electron chi connectivity index (χ3n) is 2.92. The Morgan fingerprint density at radius 2 is 2.00 bits per heavy atom. The lowest BCUT2D eigenvalue weighted by Gasteiger charge is -2.01. The van der Waals surface area contributed by atoms with E-state index in [9.17, 15) is 4.79 Å². The summed E-state index contributed by atoms with van der Waals surface area (Å²) in [4.78, 5) is 15.8. The molecule has 21 heavy (non-hydrogen) atoms. The van der Waals surface area contributed by atoms with Gasteiger partial charge in [-0.15, -0.1) is 12.4 Å². The summed E-state index contributed by atoms with van der Waals surface area (Å²) in [5.74, 6) is 0.573. The van der Waals surface area contributed by atoms with E-state index < -0.39 is 0 Å². The van der Waals surface area contributed by atoms with Crippen LogP contribution in [-0.4, -0.2) is 24.5 Å². The summed E-state index contributed by atoms with van der Waals surface area (Å²) >= 11 is 0. The Hall–Kier alpha value is -1.85. The molecule has 5 nitrogen and oxygen atoms in total. The number of hydrogen-bond acceptors (Lipinski definition) is 4. The van der Waals surface area contributed by atoms with Gasteiger partial charge in [-0.3, -0.25) is 4.79 Å². The zero-order valence-electron chi connectivity index (χ0n) is 12.2. The molecule has 2 rings (SSSR count). The fraction of sp³-hybridized carbons (Fsp3) is 0.333. The first-order valence-electron chi connectivity index (χ1n) is 6.62. The molecule has 114 valence electrons. The summed E-state index contributed by atoms with van der Waals surface area (Å²) in [6.07, 6.45) is 2.03. The van der Waals surface area contributed by atoms with Gasteiger partial charge in [-0.05, 0) is 26.1 Å². The maximum atomic E-state index is 11.5. The first kappa shape index (κ1) is 17.2. The number of carbonyl (C=O) groups excluding carboxylic acids is 1. The van der Waals surface area contributed by atoms with Crippen molar-refractivity contribution in [2.75, 3.05) is 13.6 Å². The Kier molecular flexibility index (Phi) is 6.91. The zero-order valence-corrected chi connectivity index (χ0v) is 13.0. The van der Waals surface area contributed by atoms with Crippen LogP contribution >= 0.6 is 12.4 Å². The third-order valence-corrected chi connectivity index (χ3v) is 2.92. The number of amides is 1. The Morgan fingerprint density at radius 3 is 2.67 bits per heavy atom. The third kappa shape index (κ3) is 5.21. The standard InChI is InChI=1S/C15H19N3O2.ClH/c1-11-3-5-12(6-4-11)15-18-13(10-20-15)9-17-14(19)7-8-16-2;/h3-6,10,16H,7-9H2,1-2H3,(H,17,19);1H. The molecule has 0 unspecified atom stereocenters. The topological polar surface area (TPSA) is 67.2 Å². The summed E-state index contributed by atoms with van der Waals surface area (Å²) in [7, 11) is 1.82. The molecule has 0 aliphatic heterocycles. The van der Waals surface area contributed by atoms with E-state index in [2.05, 4.69) is 15.6 Å². The molecule has 0 radical (unpaired) electrons. The van der Waals surface area contributed by atoms with E-state index in [0.717, 1.165) is 11.3 Å². The van der Waals surface area contributed by atoms with Gasteiger partial charge >= 0.3 is 0 Å². The highest BCUT2D eigenvalue weighted by Crippen LogP contribution is 2.18. The van der Waals surface area contributed by atoms with Crippen LogP contribution in [0, 0.1) is 6.92 Å². The van der Waals surface area contributed by atoms with Crippen molar-refractivity contribution in [2.24, 2.45) is 0 Å². The molecular formula is C15H20ClN3O2. The molecular weight excluding hydrogens is 290 g/mol. The maximum Gasteiger partial charge on any atom is 0.226 e. The fourth-order valence-corrected chi connectivity index (χ4v) is 1.73. The summed E-state index contributed by atoms with van der Waals surface area (Å²) in [5, 5.41) is 5.74. The molecule has 1 heterocycles. The summed E-state index contributed by atoms with van der Waals surface area (Å²) in [6, 6.07) is 7.96. The van der Waals surface area contributed by atoms with E-state index >= 15 is 0 Å². The van der Waals surface area contributed by atoms with Crippen LogP contribution in [0.5, 0.6) is 0 Å². The van der Waals surface area contributed by atoms with Gasteiger partial charge in [0.15, 0.2) is 0 Å². The summed E-state index contributed by atoms with van der Waals surface area (Å²) < 4.78 is 5.43. The van der Waals surface area contributed by atoms with E-state index in [1.807, 2.05) is 38.2 Å². The van der Waals surface area contributed by atoms with Crippen molar-refractivity contribution >= 4 is 18.3 Å². The number of nitrogens with one attached hydrogen (secondary N) is 2. The van der Waals surface area contributed by atoms with Gasteiger partial charge in [0.2, 0.25) is 11.8 Å². The first-order chi connectivity index (χ1) is 9.69. The van der Waals surface area contributed by atoms with Crippen LogP contribution < -0.4 is 10.6 Å². The molecule has 0 saturated heterocycles. The molecule has 0 aliphatic rings. The lowest BCUT2D eigenvalue weighted by atomic mass is 10.1. The van der Waals surface area contributed by atoms with Crippen LogP contribution in [0.1, 0.15) is 17.7 Å². The molecule has 1 aromatic heterocycles. The predicted molar refractivity (Wildman–Crippen MR) is 84.3 cm³/mol. The van der Waals surface area contributed by atoms with Gasteiger partial charge in [0.1, 0.15) is 6.26 Å².